The number of para-hydroxylation sites is 1. The summed E-state index contributed by atoms with van der Waals surface area (Å²) in [4.78, 5) is 15.8. The molecule has 1 saturated heterocycles. The Morgan fingerprint density at radius 1 is 1.20 bits per heavy atom. The van der Waals surface area contributed by atoms with E-state index in [0.29, 0.717) is 6.54 Å². The van der Waals surface area contributed by atoms with Gasteiger partial charge in [-0.25, -0.2) is 4.98 Å². The molecular formula is C18H26N6S. The van der Waals surface area contributed by atoms with Gasteiger partial charge in [-0.1, -0.05) is 18.2 Å². The van der Waals surface area contributed by atoms with Crippen LogP contribution in [0.25, 0.3) is 0 Å². The molecule has 1 aliphatic rings. The highest BCUT2D eigenvalue weighted by Gasteiger charge is 2.19. The van der Waals surface area contributed by atoms with E-state index in [1.54, 1.807) is 11.3 Å². The number of nitrogens with one attached hydrogen (secondary N) is 1. The Labute approximate surface area is 153 Å². The number of hydrogen-bond donors (Lipinski definition) is 1. The van der Waals surface area contributed by atoms with Gasteiger partial charge in [-0.05, 0) is 12.1 Å². The lowest BCUT2D eigenvalue weighted by Gasteiger charge is -2.37. The van der Waals surface area contributed by atoms with Crippen LogP contribution in [-0.2, 0) is 6.54 Å². The predicted molar refractivity (Wildman–Crippen MR) is 107 cm³/mol. The first-order valence-corrected chi connectivity index (χ1v) is 9.42. The molecule has 1 N–H and O–H groups in total. The average Bonchev–Trinajstić information content (AvgIpc) is 3.13. The lowest BCUT2D eigenvalue weighted by Crippen LogP contribution is -2.52. The highest BCUT2D eigenvalue weighted by Crippen LogP contribution is 2.18. The number of rotatable bonds is 4. The van der Waals surface area contributed by atoms with Crippen LogP contribution >= 0.6 is 11.3 Å². The zero-order valence-corrected chi connectivity index (χ0v) is 16.0. The molecule has 1 aromatic carbocycles. The van der Waals surface area contributed by atoms with Crippen molar-refractivity contribution in [1.29, 1.82) is 0 Å². The van der Waals surface area contributed by atoms with Crippen molar-refractivity contribution in [1.82, 2.24) is 15.2 Å². The number of piperazine rings is 1. The van der Waals surface area contributed by atoms with Crippen molar-refractivity contribution >= 4 is 28.1 Å². The van der Waals surface area contributed by atoms with Crippen molar-refractivity contribution in [3.63, 3.8) is 0 Å². The van der Waals surface area contributed by atoms with Gasteiger partial charge in [-0.2, -0.15) is 0 Å². The third kappa shape index (κ3) is 4.42. The van der Waals surface area contributed by atoms with Crippen LogP contribution < -0.4 is 15.1 Å². The molecule has 0 radical (unpaired) electrons. The van der Waals surface area contributed by atoms with E-state index >= 15 is 0 Å². The van der Waals surface area contributed by atoms with Crippen molar-refractivity contribution in [2.45, 2.75) is 6.54 Å². The second-order valence-corrected chi connectivity index (χ2v) is 7.06. The molecule has 2 heterocycles. The molecule has 2 aromatic rings. The molecule has 0 atom stereocenters. The molecule has 1 aliphatic heterocycles. The largest absolute Gasteiger partial charge is 0.368 e. The maximum Gasteiger partial charge on any atom is 0.194 e. The monoisotopic (exact) mass is 358 g/mol. The van der Waals surface area contributed by atoms with Crippen molar-refractivity contribution in [3.8, 4) is 0 Å². The fraction of sp³-hybridized carbons (Fsp3) is 0.444. The number of aliphatic imine (C=N–C) groups is 1. The molecule has 0 amide bonds. The standard InChI is InChI=1S/C18H26N6S/c1-19-17(20-13-15-14-25-18(21-15)22(2)3)24-11-9-23(10-12-24)16-7-5-4-6-8-16/h4-8,14H,9-13H2,1-3H3,(H,19,20). The quantitative estimate of drug-likeness (QED) is 0.670. The average molecular weight is 359 g/mol. The Morgan fingerprint density at radius 2 is 1.92 bits per heavy atom. The summed E-state index contributed by atoms with van der Waals surface area (Å²) < 4.78 is 0. The number of thiazole rings is 1. The Hall–Kier alpha value is -2.28. The second kappa shape index (κ2) is 8.20. The first-order valence-electron chi connectivity index (χ1n) is 8.54. The summed E-state index contributed by atoms with van der Waals surface area (Å²) in [6.45, 7) is 4.65. The Morgan fingerprint density at radius 3 is 2.52 bits per heavy atom. The van der Waals surface area contributed by atoms with Gasteiger partial charge in [0.1, 0.15) is 0 Å². The maximum atomic E-state index is 4.61. The van der Waals surface area contributed by atoms with E-state index in [-0.39, 0.29) is 0 Å². The van der Waals surface area contributed by atoms with Gasteiger partial charge in [0, 0.05) is 58.4 Å². The predicted octanol–water partition coefficient (Wildman–Crippen LogP) is 2.11. The molecule has 0 aliphatic carbocycles. The lowest BCUT2D eigenvalue weighted by molar-refractivity contribution is 0.372. The van der Waals surface area contributed by atoms with Crippen LogP contribution in [0.5, 0.6) is 0 Å². The zero-order valence-electron chi connectivity index (χ0n) is 15.1. The van der Waals surface area contributed by atoms with Crippen LogP contribution in [0.1, 0.15) is 5.69 Å². The van der Waals surface area contributed by atoms with Crippen molar-refractivity contribution in [2.75, 3.05) is 57.1 Å². The third-order valence-corrected chi connectivity index (χ3v) is 5.32. The van der Waals surface area contributed by atoms with Gasteiger partial charge in [0.05, 0.1) is 12.2 Å². The summed E-state index contributed by atoms with van der Waals surface area (Å²) in [5.74, 6) is 0.951. The van der Waals surface area contributed by atoms with E-state index in [1.165, 1.54) is 5.69 Å². The van der Waals surface area contributed by atoms with E-state index in [9.17, 15) is 0 Å². The minimum Gasteiger partial charge on any atom is -0.368 e. The van der Waals surface area contributed by atoms with Gasteiger partial charge >= 0.3 is 0 Å². The van der Waals surface area contributed by atoms with Crippen LogP contribution in [0.3, 0.4) is 0 Å². The van der Waals surface area contributed by atoms with E-state index in [2.05, 4.69) is 60.8 Å². The van der Waals surface area contributed by atoms with Crippen LogP contribution in [0.4, 0.5) is 10.8 Å². The Bertz CT molecular complexity index is 689. The Kier molecular flexibility index (Phi) is 5.75. The zero-order chi connectivity index (χ0) is 17.6. The molecular weight excluding hydrogens is 332 g/mol. The first kappa shape index (κ1) is 17.5. The molecule has 3 rings (SSSR count). The molecule has 0 bridgehead atoms. The highest BCUT2D eigenvalue weighted by atomic mass is 32.1. The minimum absolute atomic E-state index is 0.704. The molecule has 1 aromatic heterocycles. The van der Waals surface area contributed by atoms with Gasteiger partial charge in [-0.15, -0.1) is 11.3 Å². The van der Waals surface area contributed by atoms with Gasteiger partial charge in [0.15, 0.2) is 11.1 Å². The molecule has 6 nitrogen and oxygen atoms in total. The molecule has 1 fully saturated rings. The number of nitrogens with zero attached hydrogens (tertiary/aromatic N) is 5. The fourth-order valence-corrected chi connectivity index (χ4v) is 3.66. The number of hydrogen-bond acceptors (Lipinski definition) is 5. The van der Waals surface area contributed by atoms with E-state index in [1.807, 2.05) is 26.0 Å². The smallest absolute Gasteiger partial charge is 0.194 e. The second-order valence-electron chi connectivity index (χ2n) is 6.23. The van der Waals surface area contributed by atoms with E-state index < -0.39 is 0 Å². The van der Waals surface area contributed by atoms with Crippen molar-refractivity contribution < 1.29 is 0 Å². The first-order chi connectivity index (χ1) is 12.2. The van der Waals surface area contributed by atoms with Gasteiger partial charge in [0.25, 0.3) is 0 Å². The van der Waals surface area contributed by atoms with E-state index in [0.717, 1.165) is 43.0 Å². The molecule has 7 heteroatoms. The Balaban J connectivity index is 1.52. The van der Waals surface area contributed by atoms with Gasteiger partial charge in [0.2, 0.25) is 0 Å². The molecule has 0 unspecified atom stereocenters. The van der Waals surface area contributed by atoms with Gasteiger partial charge < -0.3 is 20.0 Å². The van der Waals surface area contributed by atoms with Crippen LogP contribution in [-0.4, -0.2) is 63.2 Å². The SMILES string of the molecule is CN=C(NCc1csc(N(C)C)n1)N1CCN(c2ccccc2)CC1. The van der Waals surface area contributed by atoms with E-state index in [4.69, 9.17) is 0 Å². The third-order valence-electron chi connectivity index (χ3n) is 4.26. The summed E-state index contributed by atoms with van der Waals surface area (Å²) in [6, 6.07) is 10.6. The summed E-state index contributed by atoms with van der Waals surface area (Å²) >= 11 is 1.67. The summed E-state index contributed by atoms with van der Waals surface area (Å²) in [5, 5.41) is 6.58. The molecule has 25 heavy (non-hydrogen) atoms. The van der Waals surface area contributed by atoms with Crippen LogP contribution in [0, 0.1) is 0 Å². The molecule has 134 valence electrons. The summed E-state index contributed by atoms with van der Waals surface area (Å²) in [5.41, 5.74) is 2.35. The number of benzene rings is 1. The maximum absolute atomic E-state index is 4.61. The van der Waals surface area contributed by atoms with Crippen LogP contribution in [0.2, 0.25) is 0 Å². The summed E-state index contributed by atoms with van der Waals surface area (Å²) in [6.07, 6.45) is 0. The normalized spacial score (nSPS) is 15.4. The number of anilines is 2. The number of aromatic nitrogens is 1. The van der Waals surface area contributed by atoms with Crippen molar-refractivity contribution in [2.24, 2.45) is 4.99 Å². The summed E-state index contributed by atoms with van der Waals surface area (Å²) in [7, 11) is 5.88. The lowest BCUT2D eigenvalue weighted by atomic mass is 10.2. The highest BCUT2D eigenvalue weighted by molar-refractivity contribution is 7.13. The minimum atomic E-state index is 0.704. The van der Waals surface area contributed by atoms with Crippen molar-refractivity contribution in [3.05, 3.63) is 41.4 Å². The van der Waals surface area contributed by atoms with Crippen LogP contribution in [0.15, 0.2) is 40.7 Å². The molecule has 0 saturated carbocycles. The topological polar surface area (TPSA) is 47.0 Å². The number of guanidine groups is 1. The fourth-order valence-electron chi connectivity index (χ4n) is 2.90. The molecule has 0 spiro atoms. The van der Waals surface area contributed by atoms with Gasteiger partial charge in [-0.3, -0.25) is 4.99 Å².